The Labute approximate surface area is 148 Å². The number of carbonyl (C=O) groups excluding carboxylic acids is 1. The van der Waals surface area contributed by atoms with Crippen molar-refractivity contribution >= 4 is 14.7 Å². The van der Waals surface area contributed by atoms with E-state index in [2.05, 4.69) is 42.9 Å². The molecule has 3 aliphatic rings. The molecule has 4 heteroatoms. The monoisotopic (exact) mass is 350 g/mol. The van der Waals surface area contributed by atoms with Crippen LogP contribution in [-0.4, -0.2) is 14.7 Å². The summed E-state index contributed by atoms with van der Waals surface area (Å²) in [6.07, 6.45) is 9.58. The zero-order chi connectivity index (χ0) is 16.1. The number of rotatable bonds is 4. The van der Waals surface area contributed by atoms with E-state index in [-0.39, 0.29) is 5.41 Å². The third kappa shape index (κ3) is 2.12. The van der Waals surface area contributed by atoms with Gasteiger partial charge >= 0.3 is 149 Å². The van der Waals surface area contributed by atoms with Gasteiger partial charge in [-0.3, -0.25) is 0 Å². The fraction of sp³-hybridized carbons (Fsp3) is 0.722. The van der Waals surface area contributed by atoms with E-state index in [1.54, 1.807) is 0 Å². The van der Waals surface area contributed by atoms with Gasteiger partial charge in [0.25, 0.3) is 0 Å². The summed E-state index contributed by atoms with van der Waals surface area (Å²) in [5, 5.41) is 0. The Balaban J connectivity index is 2.20. The van der Waals surface area contributed by atoms with Gasteiger partial charge < -0.3 is 0 Å². The normalized spacial score (nSPS) is 40.0. The van der Waals surface area contributed by atoms with Crippen molar-refractivity contribution in [1.29, 1.82) is 0 Å². The first-order valence-electron chi connectivity index (χ1n) is 8.87. The summed E-state index contributed by atoms with van der Waals surface area (Å²) in [4.78, 5) is 13.3. The first-order valence-corrected chi connectivity index (χ1v) is 12.6. The summed E-state index contributed by atoms with van der Waals surface area (Å²) >= 11 is 1.84. The Morgan fingerprint density at radius 2 is 2.18 bits per heavy atom. The molecule has 3 aliphatic carbocycles. The Kier molecular flexibility index (Phi) is 4.61. The molecule has 119 valence electrons. The van der Waals surface area contributed by atoms with Crippen molar-refractivity contribution < 1.29 is 25.5 Å². The van der Waals surface area contributed by atoms with Gasteiger partial charge in [-0.15, -0.1) is 0 Å². The van der Waals surface area contributed by atoms with Crippen LogP contribution in [0.25, 0.3) is 0 Å². The maximum absolute atomic E-state index is 13.3. The number of fused-ring (bicyclic) bond motifs is 2. The molecule has 0 aromatic rings. The van der Waals surface area contributed by atoms with Crippen LogP contribution in [0, 0.1) is 23.2 Å². The molecule has 0 aromatic heterocycles. The van der Waals surface area contributed by atoms with Crippen molar-refractivity contribution in [2.75, 3.05) is 0 Å². The van der Waals surface area contributed by atoms with Crippen molar-refractivity contribution in [3.8, 4) is 0 Å². The second-order valence-corrected chi connectivity index (χ2v) is 11.4. The average Bonchev–Trinajstić information content (AvgIpc) is 3.18. The molecule has 0 aromatic carbocycles. The van der Waals surface area contributed by atoms with E-state index in [4.69, 9.17) is 0 Å². The van der Waals surface area contributed by atoms with Crippen LogP contribution in [0.1, 0.15) is 39.5 Å². The molecular formula is C18H28NOSiTi. The summed E-state index contributed by atoms with van der Waals surface area (Å²) in [6.45, 7) is 9.46. The van der Waals surface area contributed by atoms with Crippen LogP contribution >= 0.6 is 0 Å². The average molecular weight is 350 g/mol. The molecule has 5 atom stereocenters. The molecule has 2 nitrogen and oxygen atoms in total. The van der Waals surface area contributed by atoms with Crippen LogP contribution < -0.4 is 3.80 Å². The van der Waals surface area contributed by atoms with E-state index in [9.17, 15) is 4.79 Å². The Morgan fingerprint density at radius 1 is 1.45 bits per heavy atom. The van der Waals surface area contributed by atoms with Crippen LogP contribution in [0.3, 0.4) is 0 Å². The minimum absolute atomic E-state index is 0.188. The van der Waals surface area contributed by atoms with Crippen molar-refractivity contribution in [2.24, 2.45) is 23.2 Å². The standard InChI is InChI=1S/C18H29NOSi.Ti/c1-5-12-7-6-11(2)15(12)18(17(19)20)14-9-8-13(10-14)16(18)21(3)4;/h6-7,11,13-14,16,21H,5,8-10H2,1-4H3,(H2,19,20);/q;+1/p-1. The summed E-state index contributed by atoms with van der Waals surface area (Å²) in [7, 11) is -0.908. The molecule has 0 saturated heterocycles. The van der Waals surface area contributed by atoms with Gasteiger partial charge in [0.05, 0.1) is 0 Å². The quantitative estimate of drug-likeness (QED) is 0.769. The molecule has 0 heterocycles. The van der Waals surface area contributed by atoms with E-state index in [0.29, 0.717) is 23.3 Å². The fourth-order valence-electron chi connectivity index (χ4n) is 6.12. The zero-order valence-electron chi connectivity index (χ0n) is 14.3. The second-order valence-electron chi connectivity index (χ2n) is 7.80. The van der Waals surface area contributed by atoms with Gasteiger partial charge in [-0.05, 0) is 0 Å². The third-order valence-corrected chi connectivity index (χ3v) is 9.43. The van der Waals surface area contributed by atoms with E-state index < -0.39 is 8.80 Å². The summed E-state index contributed by atoms with van der Waals surface area (Å²) in [5.41, 5.74) is 3.40. The third-order valence-electron chi connectivity index (χ3n) is 6.57. The Hall–Kier alpha value is -0.119. The van der Waals surface area contributed by atoms with E-state index in [0.717, 1.165) is 12.3 Å². The number of hydrogen-bond donors (Lipinski definition) is 1. The zero-order valence-corrected chi connectivity index (χ0v) is 17.0. The summed E-state index contributed by atoms with van der Waals surface area (Å²) in [6, 6.07) is 0. The fourth-order valence-corrected chi connectivity index (χ4v) is 9.54. The van der Waals surface area contributed by atoms with Gasteiger partial charge in [0.1, 0.15) is 0 Å². The van der Waals surface area contributed by atoms with Crippen LogP contribution in [0.5, 0.6) is 0 Å². The molecular weight excluding hydrogens is 322 g/mol. The second kappa shape index (κ2) is 6.07. The Morgan fingerprint density at radius 3 is 2.77 bits per heavy atom. The Bertz CT molecular complexity index is 541. The molecule has 2 bridgehead atoms. The number of allylic oxidation sites excluding steroid dienone is 3. The van der Waals surface area contributed by atoms with Crippen molar-refractivity contribution in [2.45, 2.75) is 58.2 Å². The van der Waals surface area contributed by atoms with Gasteiger partial charge in [-0.1, -0.05) is 0 Å². The molecule has 2 saturated carbocycles. The van der Waals surface area contributed by atoms with Gasteiger partial charge in [0, 0.05) is 0 Å². The predicted molar refractivity (Wildman–Crippen MR) is 89.7 cm³/mol. The first-order chi connectivity index (χ1) is 10.5. The van der Waals surface area contributed by atoms with Crippen molar-refractivity contribution in [3.63, 3.8) is 0 Å². The topological polar surface area (TPSA) is 29.1 Å². The van der Waals surface area contributed by atoms with Crippen LogP contribution in [0.2, 0.25) is 18.6 Å². The molecule has 5 unspecified atom stereocenters. The van der Waals surface area contributed by atoms with Crippen LogP contribution in [0.4, 0.5) is 0 Å². The summed E-state index contributed by atoms with van der Waals surface area (Å²) in [5.74, 6) is 2.13. The molecule has 3 rings (SSSR count). The van der Waals surface area contributed by atoms with Crippen molar-refractivity contribution in [3.05, 3.63) is 23.3 Å². The molecule has 0 aliphatic heterocycles. The van der Waals surface area contributed by atoms with E-state index in [1.165, 1.54) is 30.4 Å². The minimum atomic E-state index is -0.908. The molecule has 1 amide bonds. The first kappa shape index (κ1) is 16.7. The molecule has 0 radical (unpaired) electrons. The molecule has 22 heavy (non-hydrogen) atoms. The van der Waals surface area contributed by atoms with E-state index in [1.807, 2.05) is 20.7 Å². The van der Waals surface area contributed by atoms with Gasteiger partial charge in [0.2, 0.25) is 0 Å². The number of hydrogen-bond acceptors (Lipinski definition) is 1. The molecule has 2 fully saturated rings. The molecule has 1 N–H and O–H groups in total. The van der Waals surface area contributed by atoms with Gasteiger partial charge in [-0.2, -0.15) is 0 Å². The van der Waals surface area contributed by atoms with Crippen LogP contribution in [0.15, 0.2) is 23.3 Å². The van der Waals surface area contributed by atoms with E-state index >= 15 is 0 Å². The number of carbonyl (C=O) groups is 1. The SMILES string of the molecule is CCC1=C(C2(C(=O)[NH][Ti])C3CCC(C3)C2[SiH](C)C)C(C)C=C1. The van der Waals surface area contributed by atoms with Crippen LogP contribution in [-0.2, 0) is 25.5 Å². The number of nitrogens with one attached hydrogen (secondary N) is 1. The van der Waals surface area contributed by atoms with Gasteiger partial charge in [-0.25, -0.2) is 0 Å². The molecule has 0 spiro atoms. The predicted octanol–water partition coefficient (Wildman–Crippen LogP) is 3.75. The van der Waals surface area contributed by atoms with Gasteiger partial charge in [0.15, 0.2) is 0 Å². The summed E-state index contributed by atoms with van der Waals surface area (Å²) < 4.78 is 3.08. The maximum atomic E-state index is 13.3. The van der Waals surface area contributed by atoms with Crippen molar-refractivity contribution in [1.82, 2.24) is 3.80 Å². The number of amides is 1.